The van der Waals surface area contributed by atoms with Crippen LogP contribution in [0.15, 0.2) is 18.2 Å². The van der Waals surface area contributed by atoms with Crippen molar-refractivity contribution in [2.75, 3.05) is 59.0 Å². The molecular weight excluding hydrogens is 349 g/mol. The largest absolute Gasteiger partial charge is 0.307 e. The first-order valence-electron chi connectivity index (χ1n) is 9.70. The van der Waals surface area contributed by atoms with Crippen LogP contribution < -0.4 is 0 Å². The van der Waals surface area contributed by atoms with Crippen LogP contribution in [0, 0.1) is 6.92 Å². The Morgan fingerprint density at radius 1 is 1.12 bits per heavy atom. The molecule has 26 heavy (non-hydrogen) atoms. The molecule has 0 atom stereocenters. The summed E-state index contributed by atoms with van der Waals surface area (Å²) in [4.78, 5) is 17.3. The van der Waals surface area contributed by atoms with E-state index < -0.39 is 0 Å². The Labute approximate surface area is 159 Å². The van der Waals surface area contributed by atoms with E-state index in [0.29, 0.717) is 13.1 Å². The minimum Gasteiger partial charge on any atom is -0.307 e. The summed E-state index contributed by atoms with van der Waals surface area (Å²) < 4.78 is 15.8. The molecule has 0 amide bonds. The van der Waals surface area contributed by atoms with Gasteiger partial charge in [0.1, 0.15) is 59.0 Å². The van der Waals surface area contributed by atoms with Crippen LogP contribution in [0.5, 0.6) is 0 Å². The molecule has 3 aliphatic rings. The van der Waals surface area contributed by atoms with Crippen molar-refractivity contribution in [1.82, 2.24) is 4.98 Å². The molecule has 6 heteroatoms. The Kier molecular flexibility index (Phi) is 5.75. The fourth-order valence-corrected chi connectivity index (χ4v) is 5.11. The summed E-state index contributed by atoms with van der Waals surface area (Å²) in [5.74, 6) is 0.218. The van der Waals surface area contributed by atoms with Gasteiger partial charge in [-0.3, -0.25) is 4.79 Å². The van der Waals surface area contributed by atoms with Crippen molar-refractivity contribution in [2.24, 2.45) is 0 Å². The number of rotatable bonds is 5. The summed E-state index contributed by atoms with van der Waals surface area (Å²) in [6.07, 6.45) is 0. The fourth-order valence-electron chi connectivity index (χ4n) is 4.31. The molecule has 3 aliphatic heterocycles. The lowest BCUT2D eigenvalue weighted by atomic mass is 10.0. The van der Waals surface area contributed by atoms with Gasteiger partial charge in [-0.05, 0) is 25.1 Å². The first kappa shape index (κ1) is 19.4. The van der Waals surface area contributed by atoms with Crippen LogP contribution in [0.3, 0.4) is 0 Å². The van der Waals surface area contributed by atoms with Crippen molar-refractivity contribution in [3.8, 4) is 0 Å². The average molecular weight is 380 g/mol. The minimum absolute atomic E-state index is 0.218. The van der Waals surface area contributed by atoms with E-state index in [2.05, 4.69) is 4.98 Å². The molecule has 0 spiro atoms. The van der Waals surface area contributed by atoms with Gasteiger partial charge in [-0.15, -0.1) is 11.3 Å². The summed E-state index contributed by atoms with van der Waals surface area (Å²) in [5.41, 5.74) is 1.71. The second-order valence-corrected chi connectivity index (χ2v) is 8.67. The summed E-state index contributed by atoms with van der Waals surface area (Å²) in [6, 6.07) is 5.90. The molecule has 2 aromatic rings. The number of halogens is 1. The molecule has 4 heterocycles. The Hall–Kier alpha value is -1.37. The van der Waals surface area contributed by atoms with Gasteiger partial charge >= 0.3 is 0 Å². The average Bonchev–Trinajstić information content (AvgIpc) is 3.04. The zero-order chi connectivity index (χ0) is 18.8. The third-order valence-corrected chi connectivity index (χ3v) is 6.95. The topological polar surface area (TPSA) is 30.0 Å². The van der Waals surface area contributed by atoms with E-state index in [9.17, 15) is 9.18 Å². The van der Waals surface area contributed by atoms with Crippen molar-refractivity contribution >= 4 is 27.3 Å². The number of carbonyl (C=O) groups excluding carboxylic acids is 1. The maximum atomic E-state index is 12.8. The molecule has 0 radical (unpaired) electrons. The molecular formula is C20H30FN3OS+2. The predicted molar refractivity (Wildman–Crippen MR) is 105 cm³/mol. The number of nitrogens with zero attached hydrogens (tertiary/aromatic N) is 3. The highest BCUT2D eigenvalue weighted by Gasteiger charge is 2.49. The second kappa shape index (κ2) is 7.71. The van der Waals surface area contributed by atoms with E-state index in [1.54, 1.807) is 11.3 Å². The van der Waals surface area contributed by atoms with E-state index in [1.807, 2.05) is 39.0 Å². The summed E-state index contributed by atoms with van der Waals surface area (Å²) in [7, 11) is 0. The Balaban J connectivity index is 0.000000948. The number of quaternary nitrogens is 2. The molecule has 0 N–H and O–H groups in total. The van der Waals surface area contributed by atoms with Gasteiger partial charge in [0.25, 0.3) is 0 Å². The number of hydrogen-bond acceptors (Lipinski definition) is 3. The lowest BCUT2D eigenvalue weighted by molar-refractivity contribution is -1.08. The van der Waals surface area contributed by atoms with Crippen LogP contribution in [-0.2, 0) is 0 Å². The number of Topliss-reactive ketones (excluding diaryl/α,β-unsaturated/α-hetero) is 1. The van der Waals surface area contributed by atoms with Crippen molar-refractivity contribution in [3.63, 3.8) is 0 Å². The first-order valence-corrected chi connectivity index (χ1v) is 10.5. The van der Waals surface area contributed by atoms with Gasteiger partial charge in [0.2, 0.25) is 5.78 Å². The normalized spacial score (nSPS) is 27.2. The van der Waals surface area contributed by atoms with Crippen LogP contribution in [0.4, 0.5) is 4.39 Å². The minimum atomic E-state index is -0.230. The monoisotopic (exact) mass is 379 g/mol. The fraction of sp³-hybridized carbons (Fsp3) is 0.600. The zero-order valence-electron chi connectivity index (χ0n) is 16.1. The van der Waals surface area contributed by atoms with Gasteiger partial charge in [0.05, 0.1) is 15.2 Å². The molecule has 3 saturated heterocycles. The van der Waals surface area contributed by atoms with Gasteiger partial charge < -0.3 is 8.97 Å². The van der Waals surface area contributed by atoms with Gasteiger partial charge in [0.15, 0.2) is 0 Å². The van der Waals surface area contributed by atoms with Crippen LogP contribution >= 0.6 is 11.3 Å². The molecule has 3 fully saturated rings. The number of piperazine rings is 3. The number of alkyl halides is 1. The smallest absolute Gasteiger partial charge is 0.217 e. The first-order chi connectivity index (χ1) is 12.5. The van der Waals surface area contributed by atoms with E-state index in [4.69, 9.17) is 0 Å². The number of aromatic nitrogens is 1. The highest BCUT2D eigenvalue weighted by Crippen LogP contribution is 2.28. The number of fused-ring (bicyclic) bond motifs is 4. The number of carbonyl (C=O) groups is 1. The van der Waals surface area contributed by atoms with E-state index in [-0.39, 0.29) is 12.5 Å². The molecule has 0 saturated carbocycles. The molecule has 4 nitrogen and oxygen atoms in total. The second-order valence-electron chi connectivity index (χ2n) is 7.43. The molecule has 2 bridgehead atoms. The lowest BCUT2D eigenvalue weighted by Crippen LogP contribution is -2.75. The number of aryl methyl sites for hydroxylation is 1. The summed E-state index contributed by atoms with van der Waals surface area (Å²) in [6.45, 7) is 13.0. The Bertz CT molecular complexity index is 764. The number of ketones is 1. The number of thiazole rings is 1. The standard InChI is InChI=1S/C18H24FN3OS.C2H6/c1-14-20-16-12-15(2-3-18(16)24-14)17(23)13-22-9-6-21(5-4-19,7-10-22)8-11-22;1-2/h2-3,12H,4-11,13H2,1H3;1-2H3/q+2;. The van der Waals surface area contributed by atoms with Crippen LogP contribution in [0.25, 0.3) is 10.2 Å². The SMILES string of the molecule is CC.Cc1nc2cc(C(=O)C[N+]34CC[N+](CCF)(CC3)CC4)ccc2s1. The third-order valence-electron chi connectivity index (χ3n) is 6.00. The van der Waals surface area contributed by atoms with E-state index in [1.165, 1.54) is 0 Å². The van der Waals surface area contributed by atoms with Gasteiger partial charge in [-0.25, -0.2) is 9.37 Å². The van der Waals surface area contributed by atoms with Gasteiger partial charge in [-0.1, -0.05) is 13.8 Å². The van der Waals surface area contributed by atoms with Gasteiger partial charge in [0, 0.05) is 5.56 Å². The third kappa shape index (κ3) is 3.68. The van der Waals surface area contributed by atoms with Crippen LogP contribution in [-0.4, -0.2) is 78.8 Å². The zero-order valence-corrected chi connectivity index (χ0v) is 16.9. The molecule has 1 aromatic carbocycles. The molecule has 0 aliphatic carbocycles. The Morgan fingerprint density at radius 2 is 1.73 bits per heavy atom. The summed E-state index contributed by atoms with van der Waals surface area (Å²) in [5, 5.41) is 1.03. The summed E-state index contributed by atoms with van der Waals surface area (Å²) >= 11 is 1.66. The van der Waals surface area contributed by atoms with Crippen molar-refractivity contribution in [2.45, 2.75) is 20.8 Å². The van der Waals surface area contributed by atoms with E-state index >= 15 is 0 Å². The molecule has 1 aromatic heterocycles. The Morgan fingerprint density at radius 3 is 2.35 bits per heavy atom. The lowest BCUT2D eigenvalue weighted by Gasteiger charge is -2.55. The number of hydrogen-bond donors (Lipinski definition) is 0. The maximum absolute atomic E-state index is 12.8. The van der Waals surface area contributed by atoms with E-state index in [0.717, 1.165) is 69.0 Å². The van der Waals surface area contributed by atoms with Crippen molar-refractivity contribution < 1.29 is 18.2 Å². The van der Waals surface area contributed by atoms with Crippen molar-refractivity contribution in [3.05, 3.63) is 28.8 Å². The van der Waals surface area contributed by atoms with Gasteiger partial charge in [-0.2, -0.15) is 0 Å². The molecule has 5 rings (SSSR count). The highest BCUT2D eigenvalue weighted by atomic mass is 32.1. The van der Waals surface area contributed by atoms with Crippen LogP contribution in [0.2, 0.25) is 0 Å². The quantitative estimate of drug-likeness (QED) is 0.588. The van der Waals surface area contributed by atoms with Crippen molar-refractivity contribution in [1.29, 1.82) is 0 Å². The highest BCUT2D eigenvalue weighted by molar-refractivity contribution is 7.18. The predicted octanol–water partition coefficient (Wildman–Crippen LogP) is 3.44. The van der Waals surface area contributed by atoms with Crippen LogP contribution in [0.1, 0.15) is 29.2 Å². The maximum Gasteiger partial charge on any atom is 0.217 e. The molecule has 142 valence electrons. The molecule has 0 unspecified atom stereocenters. The number of benzene rings is 1.